The molecular formula is C15H21N3O. The van der Waals surface area contributed by atoms with Crippen molar-refractivity contribution in [2.24, 2.45) is 10.8 Å². The molecule has 0 heterocycles. The summed E-state index contributed by atoms with van der Waals surface area (Å²) in [6, 6.07) is 9.40. The second-order valence-electron chi connectivity index (χ2n) is 4.32. The summed E-state index contributed by atoms with van der Waals surface area (Å²) in [5, 5.41) is 3.83. The minimum absolute atomic E-state index is 0.649. The summed E-state index contributed by atoms with van der Waals surface area (Å²) in [4.78, 5) is 10.6. The smallest absolute Gasteiger partial charge is 0.332 e. The quantitative estimate of drug-likeness (QED) is 0.440. The Kier molecular flexibility index (Phi) is 7.02. The van der Waals surface area contributed by atoms with Gasteiger partial charge in [0.1, 0.15) is 0 Å². The largest absolute Gasteiger partial charge is 0.350 e. The third kappa shape index (κ3) is 7.03. The molecule has 0 aromatic heterocycles. The van der Waals surface area contributed by atoms with E-state index in [2.05, 4.69) is 23.5 Å². The number of hydrazone groups is 1. The highest BCUT2D eigenvalue weighted by atomic mass is 16.2. The van der Waals surface area contributed by atoms with Crippen molar-refractivity contribution in [1.82, 2.24) is 5.43 Å². The summed E-state index contributed by atoms with van der Waals surface area (Å²) in [6.07, 6.45) is 8.14. The number of nitrogens with two attached hydrogens (primary N) is 1. The van der Waals surface area contributed by atoms with Gasteiger partial charge in [0.25, 0.3) is 0 Å². The number of amides is 2. The van der Waals surface area contributed by atoms with Crippen molar-refractivity contribution in [2.75, 3.05) is 0 Å². The van der Waals surface area contributed by atoms with Crippen molar-refractivity contribution in [2.45, 2.75) is 32.6 Å². The van der Waals surface area contributed by atoms with Crippen LogP contribution in [0.25, 0.3) is 6.08 Å². The van der Waals surface area contributed by atoms with Gasteiger partial charge in [-0.05, 0) is 24.0 Å². The van der Waals surface area contributed by atoms with Crippen LogP contribution >= 0.6 is 0 Å². The normalized spacial score (nSPS) is 11.7. The fourth-order valence-corrected chi connectivity index (χ4v) is 1.70. The molecule has 3 N–H and O–H groups in total. The third-order valence-electron chi connectivity index (χ3n) is 2.63. The van der Waals surface area contributed by atoms with Gasteiger partial charge in [0, 0.05) is 0 Å². The molecule has 102 valence electrons. The monoisotopic (exact) mass is 259 g/mol. The van der Waals surface area contributed by atoms with E-state index in [1.165, 1.54) is 12.8 Å². The maximum atomic E-state index is 10.6. The van der Waals surface area contributed by atoms with Crippen LogP contribution in [0.15, 0.2) is 41.0 Å². The van der Waals surface area contributed by atoms with Crippen LogP contribution in [0.1, 0.15) is 38.2 Å². The Morgan fingerprint density at radius 2 is 2.05 bits per heavy atom. The molecule has 0 spiro atoms. The summed E-state index contributed by atoms with van der Waals surface area (Å²) in [6.45, 7) is 2.17. The number of unbranched alkanes of at least 4 members (excludes halogenated alkanes) is 2. The molecule has 1 rings (SSSR count). The van der Waals surface area contributed by atoms with Gasteiger partial charge >= 0.3 is 6.03 Å². The maximum absolute atomic E-state index is 10.6. The van der Waals surface area contributed by atoms with E-state index in [1.54, 1.807) is 6.21 Å². The molecule has 0 saturated carbocycles. The minimum Gasteiger partial charge on any atom is -0.350 e. The van der Waals surface area contributed by atoms with Crippen molar-refractivity contribution in [3.8, 4) is 0 Å². The zero-order valence-electron chi connectivity index (χ0n) is 11.3. The van der Waals surface area contributed by atoms with Crippen LogP contribution in [0, 0.1) is 0 Å². The Morgan fingerprint density at radius 1 is 1.32 bits per heavy atom. The van der Waals surface area contributed by atoms with E-state index in [4.69, 9.17) is 5.73 Å². The lowest BCUT2D eigenvalue weighted by Gasteiger charge is -2.02. The highest BCUT2D eigenvalue weighted by molar-refractivity contribution is 5.86. The van der Waals surface area contributed by atoms with Crippen molar-refractivity contribution in [1.29, 1.82) is 0 Å². The fourth-order valence-electron chi connectivity index (χ4n) is 1.70. The number of hydrogen-bond donors (Lipinski definition) is 2. The molecule has 0 fully saturated rings. The van der Waals surface area contributed by atoms with E-state index in [-0.39, 0.29) is 0 Å². The molecule has 1 aromatic rings. The summed E-state index contributed by atoms with van der Waals surface area (Å²) >= 11 is 0. The number of urea groups is 1. The first-order valence-corrected chi connectivity index (χ1v) is 6.56. The highest BCUT2D eigenvalue weighted by Crippen LogP contribution is 2.12. The molecule has 4 nitrogen and oxygen atoms in total. The van der Waals surface area contributed by atoms with Crippen molar-refractivity contribution < 1.29 is 4.79 Å². The Balaban J connectivity index is 2.70. The number of nitrogens with one attached hydrogen (secondary N) is 1. The first kappa shape index (κ1) is 15.0. The van der Waals surface area contributed by atoms with E-state index in [0.717, 1.165) is 24.0 Å². The van der Waals surface area contributed by atoms with Gasteiger partial charge in [-0.15, -0.1) is 0 Å². The average molecular weight is 259 g/mol. The molecule has 19 heavy (non-hydrogen) atoms. The highest BCUT2D eigenvalue weighted by Gasteiger charge is 1.96. The summed E-state index contributed by atoms with van der Waals surface area (Å²) in [5.41, 5.74) is 9.39. The first-order chi connectivity index (χ1) is 9.22. The van der Waals surface area contributed by atoms with Gasteiger partial charge in [0.05, 0.1) is 6.21 Å². The van der Waals surface area contributed by atoms with Gasteiger partial charge in [0.15, 0.2) is 0 Å². The van der Waals surface area contributed by atoms with E-state index < -0.39 is 6.03 Å². The summed E-state index contributed by atoms with van der Waals surface area (Å²) in [5.74, 6) is 0. The lowest BCUT2D eigenvalue weighted by molar-refractivity contribution is 0.249. The Hall–Kier alpha value is -2.10. The number of carbonyl (C=O) groups is 1. The average Bonchev–Trinajstić information content (AvgIpc) is 2.39. The van der Waals surface area contributed by atoms with Gasteiger partial charge < -0.3 is 5.73 Å². The molecule has 0 saturated heterocycles. The SMILES string of the molecule is CCCCCC(/C=N\NC(N)=O)=C/c1ccccc1. The van der Waals surface area contributed by atoms with Crippen LogP contribution in [0.3, 0.4) is 0 Å². The predicted molar refractivity (Wildman–Crippen MR) is 79.8 cm³/mol. The van der Waals surface area contributed by atoms with E-state index >= 15 is 0 Å². The molecule has 0 aliphatic carbocycles. The van der Waals surface area contributed by atoms with Crippen LogP contribution in [0.5, 0.6) is 0 Å². The van der Waals surface area contributed by atoms with E-state index in [9.17, 15) is 4.79 Å². The molecule has 0 radical (unpaired) electrons. The number of allylic oxidation sites excluding steroid dienone is 1. The minimum atomic E-state index is -0.649. The lowest BCUT2D eigenvalue weighted by Crippen LogP contribution is -2.24. The number of benzene rings is 1. The second-order valence-corrected chi connectivity index (χ2v) is 4.32. The number of nitrogens with zero attached hydrogens (tertiary/aromatic N) is 1. The van der Waals surface area contributed by atoms with Crippen LogP contribution in [0.2, 0.25) is 0 Å². The standard InChI is InChI=1S/C15H21N3O/c1-2-3-5-10-14(12-17-18-15(16)19)11-13-8-6-4-7-9-13/h4,6-9,11-12H,2-3,5,10H2,1H3,(H3,16,18,19)/b14-11-,17-12-. The zero-order chi connectivity index (χ0) is 13.9. The number of hydrogen-bond acceptors (Lipinski definition) is 2. The number of primary amides is 1. The molecule has 2 amide bonds. The van der Waals surface area contributed by atoms with Gasteiger partial charge in [-0.2, -0.15) is 5.10 Å². The molecule has 0 bridgehead atoms. The van der Waals surface area contributed by atoms with E-state index in [1.807, 2.05) is 30.3 Å². The molecule has 1 aromatic carbocycles. The molecule has 0 atom stereocenters. The fraction of sp³-hybridized carbons (Fsp3) is 0.333. The predicted octanol–water partition coefficient (Wildman–Crippen LogP) is 3.30. The third-order valence-corrected chi connectivity index (χ3v) is 2.63. The molecule has 0 aliphatic rings. The van der Waals surface area contributed by atoms with E-state index in [0.29, 0.717) is 0 Å². The Labute approximate surface area is 114 Å². The van der Waals surface area contributed by atoms with Gasteiger partial charge in [-0.25, -0.2) is 10.2 Å². The maximum Gasteiger partial charge on any atom is 0.332 e. The van der Waals surface area contributed by atoms with Crippen molar-refractivity contribution in [3.05, 3.63) is 41.5 Å². The molecule has 0 unspecified atom stereocenters. The van der Waals surface area contributed by atoms with Crippen LogP contribution < -0.4 is 11.2 Å². The van der Waals surface area contributed by atoms with Gasteiger partial charge in [-0.3, -0.25) is 0 Å². The van der Waals surface area contributed by atoms with Crippen LogP contribution in [-0.4, -0.2) is 12.2 Å². The van der Waals surface area contributed by atoms with Gasteiger partial charge in [-0.1, -0.05) is 56.2 Å². The first-order valence-electron chi connectivity index (χ1n) is 6.56. The molecule has 0 aliphatic heterocycles. The van der Waals surface area contributed by atoms with Crippen molar-refractivity contribution >= 4 is 18.3 Å². The molecular weight excluding hydrogens is 238 g/mol. The zero-order valence-corrected chi connectivity index (χ0v) is 11.3. The second kappa shape index (κ2) is 8.91. The van der Waals surface area contributed by atoms with Crippen LogP contribution in [0.4, 0.5) is 4.79 Å². The van der Waals surface area contributed by atoms with Crippen molar-refractivity contribution in [3.63, 3.8) is 0 Å². The van der Waals surface area contributed by atoms with Gasteiger partial charge in [0.2, 0.25) is 0 Å². The number of carbonyl (C=O) groups excluding carboxylic acids is 1. The Morgan fingerprint density at radius 3 is 2.68 bits per heavy atom. The Bertz CT molecular complexity index is 438. The summed E-state index contributed by atoms with van der Waals surface area (Å²) < 4.78 is 0. The van der Waals surface area contributed by atoms with Crippen LogP contribution in [-0.2, 0) is 0 Å². The molecule has 4 heteroatoms. The number of rotatable bonds is 7. The topological polar surface area (TPSA) is 67.5 Å². The lowest BCUT2D eigenvalue weighted by atomic mass is 10.1. The summed E-state index contributed by atoms with van der Waals surface area (Å²) in [7, 11) is 0.